The Balaban J connectivity index is 2.12. The van der Waals surface area contributed by atoms with Gasteiger partial charge in [-0.25, -0.2) is 0 Å². The van der Waals surface area contributed by atoms with Crippen molar-refractivity contribution in [2.24, 2.45) is 0 Å². The lowest BCUT2D eigenvalue weighted by molar-refractivity contribution is -0.306. The zero-order valence-electron chi connectivity index (χ0n) is 11.7. The standard InChI is InChI=1S/C16H11NO4S2/c18-12-6-5-9-3-1-2-4-10(9)11(12)7-13-15(21)17(8-14(19)20)16(22)23-13/h1-7,21H,8H2,(H,19,20)/p-1/b11-7-. The summed E-state index contributed by atoms with van der Waals surface area (Å²) in [6.07, 6.45) is 4.73. The zero-order valence-corrected chi connectivity index (χ0v) is 13.3. The molecule has 0 radical (unpaired) electrons. The molecule has 23 heavy (non-hydrogen) atoms. The Kier molecular flexibility index (Phi) is 3.97. The number of thiazole rings is 1. The van der Waals surface area contributed by atoms with Gasteiger partial charge in [0.05, 0.1) is 17.4 Å². The lowest BCUT2D eigenvalue weighted by atomic mass is 9.91. The van der Waals surface area contributed by atoms with Gasteiger partial charge >= 0.3 is 0 Å². The molecule has 1 heterocycles. The van der Waals surface area contributed by atoms with Crippen molar-refractivity contribution in [1.82, 2.24) is 4.57 Å². The third kappa shape index (κ3) is 2.88. The summed E-state index contributed by atoms with van der Waals surface area (Å²) >= 11 is 6.09. The molecule has 3 rings (SSSR count). The first-order valence-electron chi connectivity index (χ1n) is 6.63. The van der Waals surface area contributed by atoms with Crippen LogP contribution in [0.2, 0.25) is 0 Å². The number of benzene rings is 1. The number of carboxylic acid groups (broad SMARTS) is 1. The van der Waals surface area contributed by atoms with Crippen molar-refractivity contribution in [3.8, 4) is 5.88 Å². The number of carboxylic acids is 1. The number of aromatic hydroxyl groups is 1. The minimum absolute atomic E-state index is 0.186. The monoisotopic (exact) mass is 344 g/mol. The predicted octanol–water partition coefficient (Wildman–Crippen LogP) is 1.87. The molecule has 0 bridgehead atoms. The molecule has 1 aromatic carbocycles. The van der Waals surface area contributed by atoms with E-state index >= 15 is 0 Å². The van der Waals surface area contributed by atoms with Crippen LogP contribution in [0.4, 0.5) is 0 Å². The van der Waals surface area contributed by atoms with Crippen LogP contribution < -0.4 is 5.11 Å². The number of allylic oxidation sites excluding steroid dienone is 2. The van der Waals surface area contributed by atoms with Crippen molar-refractivity contribution in [2.75, 3.05) is 0 Å². The Morgan fingerprint density at radius 2 is 2.09 bits per heavy atom. The highest BCUT2D eigenvalue weighted by atomic mass is 32.1. The summed E-state index contributed by atoms with van der Waals surface area (Å²) in [7, 11) is 0. The summed E-state index contributed by atoms with van der Waals surface area (Å²) in [5, 5.41) is 20.9. The van der Waals surface area contributed by atoms with E-state index in [1.54, 1.807) is 6.08 Å². The molecular weight excluding hydrogens is 334 g/mol. The highest BCUT2D eigenvalue weighted by Gasteiger charge is 2.19. The van der Waals surface area contributed by atoms with Gasteiger partial charge in [0.25, 0.3) is 0 Å². The van der Waals surface area contributed by atoms with E-state index in [4.69, 9.17) is 12.2 Å². The fourth-order valence-electron chi connectivity index (χ4n) is 2.33. The first-order valence-corrected chi connectivity index (χ1v) is 7.86. The van der Waals surface area contributed by atoms with Crippen LogP contribution in [0, 0.1) is 3.95 Å². The second kappa shape index (κ2) is 5.94. The van der Waals surface area contributed by atoms with Gasteiger partial charge < -0.3 is 15.0 Å². The number of aliphatic carboxylic acids is 1. The second-order valence-corrected chi connectivity index (χ2v) is 6.53. The largest absolute Gasteiger partial charge is 0.548 e. The van der Waals surface area contributed by atoms with Gasteiger partial charge in [-0.3, -0.25) is 9.36 Å². The molecule has 116 valence electrons. The van der Waals surface area contributed by atoms with E-state index in [9.17, 15) is 19.8 Å². The summed E-state index contributed by atoms with van der Waals surface area (Å²) in [6, 6.07) is 7.39. The molecule has 2 aromatic rings. The maximum Gasteiger partial charge on any atom is 0.211 e. The molecule has 0 unspecified atom stereocenters. The van der Waals surface area contributed by atoms with Crippen LogP contribution in [0.1, 0.15) is 16.0 Å². The molecule has 1 aliphatic carbocycles. The minimum atomic E-state index is -1.35. The van der Waals surface area contributed by atoms with E-state index in [1.807, 2.05) is 24.3 Å². The SMILES string of the molecule is O=C([O-])Cn1c(O)c(/C=C2\C(=O)C=Cc3ccccc32)sc1=S. The van der Waals surface area contributed by atoms with Crippen LogP contribution in [0.25, 0.3) is 17.7 Å². The fraction of sp³-hybridized carbons (Fsp3) is 0.0625. The van der Waals surface area contributed by atoms with Gasteiger partial charge in [-0.05, 0) is 35.5 Å². The number of rotatable bonds is 3. The third-order valence-electron chi connectivity index (χ3n) is 3.39. The average molecular weight is 344 g/mol. The van der Waals surface area contributed by atoms with Crippen LogP contribution in [-0.4, -0.2) is 21.4 Å². The lowest BCUT2D eigenvalue weighted by Gasteiger charge is -2.12. The average Bonchev–Trinajstić information content (AvgIpc) is 2.77. The molecule has 0 aliphatic heterocycles. The first-order chi connectivity index (χ1) is 11.0. The van der Waals surface area contributed by atoms with E-state index in [2.05, 4.69) is 0 Å². The predicted molar refractivity (Wildman–Crippen MR) is 88.2 cm³/mol. The Hall–Kier alpha value is -2.51. The fourth-order valence-corrected chi connectivity index (χ4v) is 3.58. The molecule has 0 saturated heterocycles. The summed E-state index contributed by atoms with van der Waals surface area (Å²) in [5.41, 5.74) is 2.08. The lowest BCUT2D eigenvalue weighted by Crippen LogP contribution is -2.27. The zero-order chi connectivity index (χ0) is 16.6. The molecule has 5 nitrogen and oxygen atoms in total. The number of carbonyl (C=O) groups is 2. The summed E-state index contributed by atoms with van der Waals surface area (Å²) in [6.45, 7) is -0.533. The molecule has 0 fully saturated rings. The molecular formula is C16H10NO4S2-. The van der Waals surface area contributed by atoms with Crippen molar-refractivity contribution in [2.45, 2.75) is 6.54 Å². The minimum Gasteiger partial charge on any atom is -0.548 e. The highest BCUT2D eigenvalue weighted by molar-refractivity contribution is 7.73. The number of nitrogens with zero attached hydrogens (tertiary/aromatic N) is 1. The Morgan fingerprint density at radius 1 is 1.35 bits per heavy atom. The summed E-state index contributed by atoms with van der Waals surface area (Å²) in [5.74, 6) is -1.82. The van der Waals surface area contributed by atoms with Crippen molar-refractivity contribution in [3.05, 3.63) is 50.3 Å². The van der Waals surface area contributed by atoms with Crippen molar-refractivity contribution < 1.29 is 19.8 Å². The van der Waals surface area contributed by atoms with Gasteiger partial charge in [0.15, 0.2) is 9.74 Å². The third-order valence-corrected chi connectivity index (χ3v) is 4.77. The number of carbonyl (C=O) groups excluding carboxylic acids is 2. The molecule has 0 spiro atoms. The van der Waals surface area contributed by atoms with Gasteiger partial charge in [0.2, 0.25) is 5.88 Å². The quantitative estimate of drug-likeness (QED) is 0.679. The molecule has 7 heteroatoms. The van der Waals surface area contributed by atoms with E-state index in [1.165, 1.54) is 12.2 Å². The van der Waals surface area contributed by atoms with Crippen molar-refractivity contribution >= 4 is 53.0 Å². The van der Waals surface area contributed by atoms with Crippen LogP contribution in [0.15, 0.2) is 30.3 Å². The summed E-state index contributed by atoms with van der Waals surface area (Å²) < 4.78 is 1.27. The normalized spacial score (nSPS) is 15.0. The Bertz CT molecular complexity index is 934. The van der Waals surface area contributed by atoms with E-state index in [0.29, 0.717) is 10.5 Å². The number of aromatic nitrogens is 1. The van der Waals surface area contributed by atoms with Crippen LogP contribution in [0.5, 0.6) is 5.88 Å². The maximum atomic E-state index is 12.2. The van der Waals surface area contributed by atoms with Crippen molar-refractivity contribution in [1.29, 1.82) is 0 Å². The molecule has 0 saturated carbocycles. The van der Waals surface area contributed by atoms with Gasteiger partial charge in [0, 0.05) is 5.57 Å². The van der Waals surface area contributed by atoms with Gasteiger partial charge in [-0.2, -0.15) is 0 Å². The molecule has 1 N–H and O–H groups in total. The van der Waals surface area contributed by atoms with Crippen LogP contribution in [0.3, 0.4) is 0 Å². The first kappa shape index (κ1) is 15.4. The van der Waals surface area contributed by atoms with Gasteiger partial charge in [-0.1, -0.05) is 30.3 Å². The second-order valence-electron chi connectivity index (χ2n) is 4.86. The van der Waals surface area contributed by atoms with Crippen LogP contribution >= 0.6 is 23.6 Å². The number of hydrogen-bond donors (Lipinski definition) is 1. The van der Waals surface area contributed by atoms with E-state index < -0.39 is 12.5 Å². The van der Waals surface area contributed by atoms with E-state index in [0.717, 1.165) is 27.0 Å². The van der Waals surface area contributed by atoms with Crippen LogP contribution in [-0.2, 0) is 16.1 Å². The molecule has 1 aromatic heterocycles. The molecule has 0 atom stereocenters. The smallest absolute Gasteiger partial charge is 0.211 e. The van der Waals surface area contributed by atoms with Crippen molar-refractivity contribution in [3.63, 3.8) is 0 Å². The van der Waals surface area contributed by atoms with Gasteiger partial charge in [0.1, 0.15) is 0 Å². The topological polar surface area (TPSA) is 82.4 Å². The summed E-state index contributed by atoms with van der Waals surface area (Å²) in [4.78, 5) is 23.2. The molecule has 0 amide bonds. The number of ketones is 1. The number of hydrogen-bond acceptors (Lipinski definition) is 6. The Morgan fingerprint density at radius 3 is 2.83 bits per heavy atom. The van der Waals surface area contributed by atoms with E-state index in [-0.39, 0.29) is 15.6 Å². The highest BCUT2D eigenvalue weighted by Crippen LogP contribution is 2.33. The Labute approximate surface area is 140 Å². The maximum absolute atomic E-state index is 12.2. The number of fused-ring (bicyclic) bond motifs is 1. The van der Waals surface area contributed by atoms with Gasteiger partial charge in [-0.15, -0.1) is 11.3 Å². The molecule has 1 aliphatic rings.